The summed E-state index contributed by atoms with van der Waals surface area (Å²) in [6, 6.07) is 4.09. The minimum atomic E-state index is -0.837. The van der Waals surface area contributed by atoms with Gasteiger partial charge in [-0.05, 0) is 43.4 Å². The van der Waals surface area contributed by atoms with Gasteiger partial charge < -0.3 is 10.4 Å². The SMILES string of the molecule is O=C(O)C1CCCC(Cc2ccc(Cl)cc2F)N1. The van der Waals surface area contributed by atoms with E-state index in [0.29, 0.717) is 23.4 Å². The zero-order chi connectivity index (χ0) is 13.1. The fraction of sp³-hybridized carbons (Fsp3) is 0.462. The molecule has 1 aliphatic rings. The van der Waals surface area contributed by atoms with Gasteiger partial charge in [-0.3, -0.25) is 4.79 Å². The van der Waals surface area contributed by atoms with Gasteiger partial charge in [-0.25, -0.2) is 4.39 Å². The van der Waals surface area contributed by atoms with E-state index in [2.05, 4.69) is 5.32 Å². The highest BCUT2D eigenvalue weighted by Crippen LogP contribution is 2.20. The van der Waals surface area contributed by atoms with Crippen molar-refractivity contribution < 1.29 is 14.3 Å². The number of hydrogen-bond donors (Lipinski definition) is 2. The molecule has 2 atom stereocenters. The lowest BCUT2D eigenvalue weighted by Crippen LogP contribution is -2.47. The number of piperidine rings is 1. The van der Waals surface area contributed by atoms with Gasteiger partial charge in [0.05, 0.1) is 0 Å². The van der Waals surface area contributed by atoms with Crippen molar-refractivity contribution in [2.75, 3.05) is 0 Å². The third-order valence-corrected chi connectivity index (χ3v) is 3.50. The summed E-state index contributed by atoms with van der Waals surface area (Å²) in [5.74, 6) is -1.17. The normalized spacial score (nSPS) is 23.9. The van der Waals surface area contributed by atoms with E-state index < -0.39 is 12.0 Å². The zero-order valence-electron chi connectivity index (χ0n) is 9.83. The summed E-state index contributed by atoms with van der Waals surface area (Å²) in [4.78, 5) is 10.9. The molecule has 18 heavy (non-hydrogen) atoms. The largest absolute Gasteiger partial charge is 0.480 e. The number of benzene rings is 1. The maximum absolute atomic E-state index is 13.6. The van der Waals surface area contributed by atoms with Crippen molar-refractivity contribution in [1.29, 1.82) is 0 Å². The molecule has 1 fully saturated rings. The summed E-state index contributed by atoms with van der Waals surface area (Å²) in [5.41, 5.74) is 0.572. The van der Waals surface area contributed by atoms with Gasteiger partial charge in [0.1, 0.15) is 11.9 Å². The molecule has 1 aromatic rings. The van der Waals surface area contributed by atoms with Gasteiger partial charge in [0, 0.05) is 11.1 Å². The lowest BCUT2D eigenvalue weighted by Gasteiger charge is -2.28. The molecular weight excluding hydrogens is 257 g/mol. The fourth-order valence-corrected chi connectivity index (χ4v) is 2.49. The maximum atomic E-state index is 13.6. The first-order chi connectivity index (χ1) is 8.56. The molecule has 0 saturated carbocycles. The Morgan fingerprint density at radius 2 is 2.28 bits per heavy atom. The predicted molar refractivity (Wildman–Crippen MR) is 67.3 cm³/mol. The minimum Gasteiger partial charge on any atom is -0.480 e. The van der Waals surface area contributed by atoms with Crippen molar-refractivity contribution in [3.8, 4) is 0 Å². The number of carboxylic acids is 1. The number of aliphatic carboxylic acids is 1. The summed E-state index contributed by atoms with van der Waals surface area (Å²) in [6.07, 6.45) is 2.84. The zero-order valence-corrected chi connectivity index (χ0v) is 10.6. The van der Waals surface area contributed by atoms with Crippen molar-refractivity contribution in [3.05, 3.63) is 34.6 Å². The van der Waals surface area contributed by atoms with E-state index in [-0.39, 0.29) is 11.9 Å². The van der Waals surface area contributed by atoms with Crippen LogP contribution in [0.1, 0.15) is 24.8 Å². The van der Waals surface area contributed by atoms with Crippen LogP contribution in [0.3, 0.4) is 0 Å². The van der Waals surface area contributed by atoms with Crippen LogP contribution in [0.2, 0.25) is 5.02 Å². The predicted octanol–water partition coefficient (Wildman–Crippen LogP) is 2.62. The van der Waals surface area contributed by atoms with Crippen LogP contribution in [-0.4, -0.2) is 23.2 Å². The molecule has 0 spiro atoms. The van der Waals surface area contributed by atoms with Crippen LogP contribution < -0.4 is 5.32 Å². The van der Waals surface area contributed by atoms with Crippen molar-refractivity contribution in [1.82, 2.24) is 5.32 Å². The van der Waals surface area contributed by atoms with E-state index in [1.54, 1.807) is 12.1 Å². The van der Waals surface area contributed by atoms with E-state index in [1.165, 1.54) is 6.07 Å². The Kier molecular flexibility index (Phi) is 4.19. The Bertz CT molecular complexity index is 453. The topological polar surface area (TPSA) is 49.3 Å². The van der Waals surface area contributed by atoms with Crippen LogP contribution >= 0.6 is 11.6 Å². The minimum absolute atomic E-state index is 0.00975. The molecule has 3 nitrogen and oxygen atoms in total. The van der Waals surface area contributed by atoms with Crippen molar-refractivity contribution >= 4 is 17.6 Å². The number of nitrogens with one attached hydrogen (secondary N) is 1. The van der Waals surface area contributed by atoms with Crippen LogP contribution in [-0.2, 0) is 11.2 Å². The summed E-state index contributed by atoms with van der Waals surface area (Å²) in [7, 11) is 0. The molecule has 0 aromatic heterocycles. The first kappa shape index (κ1) is 13.3. The van der Waals surface area contributed by atoms with Crippen molar-refractivity contribution in [3.63, 3.8) is 0 Å². The second-order valence-corrected chi connectivity index (χ2v) is 5.06. The van der Waals surface area contributed by atoms with Gasteiger partial charge in [-0.1, -0.05) is 17.7 Å². The fourth-order valence-electron chi connectivity index (χ4n) is 2.33. The van der Waals surface area contributed by atoms with E-state index in [0.717, 1.165) is 12.8 Å². The molecule has 1 aliphatic heterocycles. The third-order valence-electron chi connectivity index (χ3n) is 3.26. The van der Waals surface area contributed by atoms with Gasteiger partial charge in [-0.15, -0.1) is 0 Å². The molecule has 0 radical (unpaired) electrons. The van der Waals surface area contributed by atoms with E-state index in [1.807, 2.05) is 0 Å². The first-order valence-electron chi connectivity index (χ1n) is 5.99. The quantitative estimate of drug-likeness (QED) is 0.888. The smallest absolute Gasteiger partial charge is 0.320 e. The molecule has 0 amide bonds. The second-order valence-electron chi connectivity index (χ2n) is 4.63. The Hall–Kier alpha value is -1.13. The number of carbonyl (C=O) groups is 1. The van der Waals surface area contributed by atoms with E-state index in [4.69, 9.17) is 16.7 Å². The number of halogens is 2. The van der Waals surface area contributed by atoms with Crippen LogP contribution in [0, 0.1) is 5.82 Å². The standard InChI is InChI=1S/C13H15ClFNO2/c14-9-5-4-8(11(15)7-9)6-10-2-1-3-12(16-10)13(17)18/h4-5,7,10,12,16H,1-3,6H2,(H,17,18). The van der Waals surface area contributed by atoms with E-state index in [9.17, 15) is 9.18 Å². The number of hydrogen-bond acceptors (Lipinski definition) is 2. The molecule has 2 unspecified atom stereocenters. The molecular formula is C13H15ClFNO2. The van der Waals surface area contributed by atoms with Gasteiger partial charge in [0.25, 0.3) is 0 Å². The van der Waals surface area contributed by atoms with Gasteiger partial charge in [0.15, 0.2) is 0 Å². The maximum Gasteiger partial charge on any atom is 0.320 e. The Morgan fingerprint density at radius 1 is 1.50 bits per heavy atom. The Balaban J connectivity index is 2.02. The average molecular weight is 272 g/mol. The first-order valence-corrected chi connectivity index (χ1v) is 6.37. The third kappa shape index (κ3) is 3.21. The highest BCUT2D eigenvalue weighted by molar-refractivity contribution is 6.30. The van der Waals surface area contributed by atoms with Crippen LogP contribution in [0.5, 0.6) is 0 Å². The Morgan fingerprint density at radius 3 is 2.94 bits per heavy atom. The molecule has 2 N–H and O–H groups in total. The second kappa shape index (κ2) is 5.67. The lowest BCUT2D eigenvalue weighted by molar-refractivity contribution is -0.140. The molecule has 5 heteroatoms. The van der Waals surface area contributed by atoms with Crippen molar-refractivity contribution in [2.24, 2.45) is 0 Å². The van der Waals surface area contributed by atoms with Crippen LogP contribution in [0.15, 0.2) is 18.2 Å². The summed E-state index contributed by atoms with van der Waals surface area (Å²) in [5, 5.41) is 12.4. The summed E-state index contributed by atoms with van der Waals surface area (Å²) in [6.45, 7) is 0. The number of carboxylic acid groups (broad SMARTS) is 1. The van der Waals surface area contributed by atoms with Gasteiger partial charge >= 0.3 is 5.97 Å². The van der Waals surface area contributed by atoms with Crippen LogP contribution in [0.25, 0.3) is 0 Å². The Labute approximate surface area is 110 Å². The lowest BCUT2D eigenvalue weighted by atomic mass is 9.94. The van der Waals surface area contributed by atoms with E-state index >= 15 is 0 Å². The summed E-state index contributed by atoms with van der Waals surface area (Å²) < 4.78 is 13.6. The highest BCUT2D eigenvalue weighted by Gasteiger charge is 2.26. The van der Waals surface area contributed by atoms with Gasteiger partial charge in [-0.2, -0.15) is 0 Å². The monoisotopic (exact) mass is 271 g/mol. The van der Waals surface area contributed by atoms with Crippen molar-refractivity contribution in [2.45, 2.75) is 37.8 Å². The van der Waals surface area contributed by atoms with Crippen LogP contribution in [0.4, 0.5) is 4.39 Å². The number of rotatable bonds is 3. The average Bonchev–Trinajstić information content (AvgIpc) is 2.33. The molecule has 0 aliphatic carbocycles. The molecule has 1 aromatic carbocycles. The molecule has 1 saturated heterocycles. The summed E-state index contributed by atoms with van der Waals surface area (Å²) >= 11 is 5.69. The molecule has 98 valence electrons. The molecule has 2 rings (SSSR count). The molecule has 0 bridgehead atoms. The van der Waals surface area contributed by atoms with Gasteiger partial charge in [0.2, 0.25) is 0 Å². The highest BCUT2D eigenvalue weighted by atomic mass is 35.5. The molecule has 1 heterocycles.